The molecule has 0 unspecified atom stereocenters. The molecule has 0 aromatic heterocycles. The van der Waals surface area contributed by atoms with E-state index in [1.807, 2.05) is 0 Å². The van der Waals surface area contributed by atoms with E-state index >= 15 is 0 Å². The first kappa shape index (κ1) is 17.5. The summed E-state index contributed by atoms with van der Waals surface area (Å²) in [6.07, 6.45) is 0. The van der Waals surface area contributed by atoms with Crippen LogP contribution < -0.4 is 29.6 Å². The second-order valence-electron chi connectivity index (χ2n) is 1.30. The fraction of sp³-hybridized carbons (Fsp3) is 0.833. The molecule has 0 saturated carbocycles. The van der Waals surface area contributed by atoms with Crippen molar-refractivity contribution in [3.05, 3.63) is 0 Å². The zero-order chi connectivity index (χ0) is 8.41. The Hall–Kier alpha value is 0.390. The smallest absolute Gasteiger partial charge is 1.00 e. The average molecular weight is 174 g/mol. The Bertz CT molecular complexity index is 81.9. The molecule has 0 spiro atoms. The predicted octanol–water partition coefficient (Wildman–Crippen LogP) is -2.38. The van der Waals surface area contributed by atoms with Crippen molar-refractivity contribution >= 4 is 5.97 Å². The van der Waals surface area contributed by atoms with E-state index in [0.29, 0.717) is 6.61 Å². The summed E-state index contributed by atoms with van der Waals surface area (Å²) in [5.74, 6) is -0.415. The number of hydrogen-bond acceptors (Lipinski definition) is 4. The Morgan fingerprint density at radius 3 is 2.00 bits per heavy atom. The molecule has 11 heavy (non-hydrogen) atoms. The molecule has 0 aliphatic carbocycles. The maximum Gasteiger partial charge on any atom is 1.00 e. The van der Waals surface area contributed by atoms with Crippen molar-refractivity contribution in [2.75, 3.05) is 13.2 Å². The minimum Gasteiger partial charge on any atom is -1.00 e. The zero-order valence-corrected chi connectivity index (χ0v) is 9.59. The number of carbonyl (C=O) groups is 1. The van der Waals surface area contributed by atoms with Crippen LogP contribution in [0, 0.1) is 0 Å². The molecule has 0 fully saturated rings. The van der Waals surface area contributed by atoms with Gasteiger partial charge >= 0.3 is 35.5 Å². The van der Waals surface area contributed by atoms with Crippen molar-refractivity contribution in [2.24, 2.45) is 0 Å². The molecule has 1 N–H and O–H groups in total. The average Bonchev–Trinajstić information content (AvgIpc) is 1.85. The van der Waals surface area contributed by atoms with E-state index in [-0.39, 0.29) is 37.6 Å². The van der Waals surface area contributed by atoms with Crippen LogP contribution in [0.15, 0.2) is 0 Å². The van der Waals surface area contributed by atoms with Crippen LogP contribution in [0.1, 0.15) is 22.2 Å². The number of aliphatic hydroxyl groups excluding tert-OH is 1. The number of hydrogen-bond donors (Lipinski definition) is 1. The summed E-state index contributed by atoms with van der Waals surface area (Å²) in [6, 6.07) is 0. The van der Waals surface area contributed by atoms with Gasteiger partial charge in [0.1, 0.15) is 0 Å². The molecule has 5 heteroatoms. The van der Waals surface area contributed by atoms with Crippen molar-refractivity contribution in [3.8, 4) is 0 Å². The molecule has 0 rings (SSSR count). The van der Waals surface area contributed by atoms with E-state index in [0.717, 1.165) is 0 Å². The maximum absolute atomic E-state index is 9.86. The molecule has 4 nitrogen and oxygen atoms in total. The topological polar surface area (TPSA) is 55.8 Å². The van der Waals surface area contributed by atoms with Gasteiger partial charge in [-0.15, -0.1) is 0 Å². The first-order valence-electron chi connectivity index (χ1n) is 3.09. The van der Waals surface area contributed by atoms with Crippen LogP contribution >= 0.6 is 0 Å². The largest absolute Gasteiger partial charge is 1.00 e. The van der Waals surface area contributed by atoms with E-state index in [9.17, 15) is 4.79 Å². The molecular formula is C6H15NaO4. The van der Waals surface area contributed by atoms with Crippen LogP contribution in [0.2, 0.25) is 0 Å². The third-order valence-corrected chi connectivity index (χ3v) is 0.294. The number of carbonyl (C=O) groups excluding carboxylic acids is 1. The van der Waals surface area contributed by atoms with Gasteiger partial charge in [-0.25, -0.2) is 4.79 Å². The Labute approximate surface area is 90.6 Å². The quantitative estimate of drug-likeness (QED) is 0.288. The standard InChI is InChI=1S/C4H8O3.C2H6O.Na.H/c1-3-6-7-4(2)5;1-2-3;;/h3H2,1-2H3;3H,2H2,1H3;;/q;;+1;-1. The summed E-state index contributed by atoms with van der Waals surface area (Å²) in [6.45, 7) is 5.36. The van der Waals surface area contributed by atoms with Crippen molar-refractivity contribution < 1.29 is 50.7 Å². The van der Waals surface area contributed by atoms with Crippen LogP contribution in [0.5, 0.6) is 0 Å². The maximum atomic E-state index is 9.86. The summed E-state index contributed by atoms with van der Waals surface area (Å²) in [5.41, 5.74) is 0. The molecule has 64 valence electrons. The molecular weight excluding hydrogens is 159 g/mol. The SMILES string of the molecule is CCO.CCOOC(C)=O.[H-].[Na+]. The van der Waals surface area contributed by atoms with Crippen LogP contribution in [0.25, 0.3) is 0 Å². The van der Waals surface area contributed by atoms with Gasteiger partial charge in [-0.05, 0) is 13.8 Å². The van der Waals surface area contributed by atoms with Gasteiger partial charge in [0.05, 0.1) is 6.61 Å². The minimum absolute atomic E-state index is 0. The van der Waals surface area contributed by atoms with Crippen LogP contribution in [-0.4, -0.2) is 24.3 Å². The van der Waals surface area contributed by atoms with Gasteiger partial charge in [-0.1, -0.05) is 0 Å². The zero-order valence-electron chi connectivity index (χ0n) is 8.59. The Kier molecular flexibility index (Phi) is 26.6. The number of aliphatic hydroxyl groups is 1. The minimum atomic E-state index is -0.415. The molecule has 0 aliphatic heterocycles. The van der Waals surface area contributed by atoms with E-state index in [1.165, 1.54) is 6.92 Å². The van der Waals surface area contributed by atoms with Crippen molar-refractivity contribution in [3.63, 3.8) is 0 Å². The molecule has 0 bridgehead atoms. The fourth-order valence-electron chi connectivity index (χ4n) is 0.142. The second-order valence-corrected chi connectivity index (χ2v) is 1.30. The molecule has 0 amide bonds. The Morgan fingerprint density at radius 2 is 1.91 bits per heavy atom. The van der Waals surface area contributed by atoms with E-state index in [2.05, 4.69) is 9.78 Å². The van der Waals surface area contributed by atoms with Crippen molar-refractivity contribution in [1.29, 1.82) is 0 Å². The molecule has 0 saturated heterocycles. The molecule has 0 atom stereocenters. The first-order valence-corrected chi connectivity index (χ1v) is 3.09. The normalized spacial score (nSPS) is 6.91. The van der Waals surface area contributed by atoms with Gasteiger partial charge in [-0.2, -0.15) is 4.89 Å². The van der Waals surface area contributed by atoms with Crippen molar-refractivity contribution in [2.45, 2.75) is 20.8 Å². The van der Waals surface area contributed by atoms with Gasteiger partial charge in [0, 0.05) is 13.5 Å². The van der Waals surface area contributed by atoms with Crippen LogP contribution in [-0.2, 0) is 14.6 Å². The summed E-state index contributed by atoms with van der Waals surface area (Å²) in [4.78, 5) is 18.2. The fourth-order valence-corrected chi connectivity index (χ4v) is 0.142. The Morgan fingerprint density at radius 1 is 1.55 bits per heavy atom. The molecule has 0 aromatic rings. The van der Waals surface area contributed by atoms with E-state index < -0.39 is 5.97 Å². The molecule has 0 aromatic carbocycles. The molecule has 0 aliphatic rings. The number of rotatable bonds is 2. The van der Waals surface area contributed by atoms with Crippen LogP contribution in [0.4, 0.5) is 0 Å². The summed E-state index contributed by atoms with van der Waals surface area (Å²) >= 11 is 0. The van der Waals surface area contributed by atoms with E-state index in [1.54, 1.807) is 13.8 Å². The van der Waals surface area contributed by atoms with Crippen LogP contribution in [0.3, 0.4) is 0 Å². The second kappa shape index (κ2) is 16.8. The van der Waals surface area contributed by atoms with Gasteiger partial charge in [0.15, 0.2) is 0 Å². The van der Waals surface area contributed by atoms with Gasteiger partial charge in [-0.3, -0.25) is 4.89 Å². The first-order chi connectivity index (χ1) is 4.68. The summed E-state index contributed by atoms with van der Waals surface area (Å²) in [5, 5.41) is 7.57. The van der Waals surface area contributed by atoms with Gasteiger partial charge in [0.2, 0.25) is 0 Å². The Balaban J connectivity index is -0.0000000569. The monoisotopic (exact) mass is 174 g/mol. The van der Waals surface area contributed by atoms with E-state index in [4.69, 9.17) is 5.11 Å². The van der Waals surface area contributed by atoms with Crippen molar-refractivity contribution in [1.82, 2.24) is 0 Å². The third-order valence-electron chi connectivity index (χ3n) is 0.294. The van der Waals surface area contributed by atoms with Gasteiger partial charge in [0.25, 0.3) is 0 Å². The third kappa shape index (κ3) is 37.9. The predicted molar refractivity (Wildman–Crippen MR) is 37.3 cm³/mol. The summed E-state index contributed by atoms with van der Waals surface area (Å²) in [7, 11) is 0. The molecule has 0 radical (unpaired) electrons. The molecule has 0 heterocycles. The van der Waals surface area contributed by atoms with Gasteiger partial charge < -0.3 is 6.53 Å². The summed E-state index contributed by atoms with van der Waals surface area (Å²) < 4.78 is 0.